The van der Waals surface area contributed by atoms with E-state index in [0.717, 1.165) is 17.9 Å². The van der Waals surface area contributed by atoms with Crippen molar-refractivity contribution < 1.29 is 9.18 Å². The van der Waals surface area contributed by atoms with E-state index in [1.807, 2.05) is 11.8 Å². The smallest absolute Gasteiger partial charge is 0.251 e. The molecule has 0 spiro atoms. The number of nitrogens with two attached hydrogens (primary N) is 1. The summed E-state index contributed by atoms with van der Waals surface area (Å²) >= 11 is 1.81. The summed E-state index contributed by atoms with van der Waals surface area (Å²) < 4.78 is 13.0. The van der Waals surface area contributed by atoms with Crippen LogP contribution in [0.15, 0.2) is 18.2 Å². The maximum atomic E-state index is 13.0. The lowest BCUT2D eigenvalue weighted by Crippen LogP contribution is -2.34. The lowest BCUT2D eigenvalue weighted by atomic mass is 10.1. The zero-order valence-corrected chi connectivity index (χ0v) is 9.52. The van der Waals surface area contributed by atoms with Crippen molar-refractivity contribution in [2.75, 3.05) is 17.2 Å². The van der Waals surface area contributed by atoms with Gasteiger partial charge in [-0.25, -0.2) is 4.39 Å². The van der Waals surface area contributed by atoms with Crippen LogP contribution in [-0.2, 0) is 0 Å². The van der Waals surface area contributed by atoms with Gasteiger partial charge < -0.3 is 11.1 Å². The average Bonchev–Trinajstić information content (AvgIpc) is 2.68. The van der Waals surface area contributed by atoms with Gasteiger partial charge in [-0.1, -0.05) is 0 Å². The maximum absolute atomic E-state index is 13.0. The van der Waals surface area contributed by atoms with Crippen LogP contribution in [0.4, 0.5) is 10.1 Å². The first-order chi connectivity index (χ1) is 7.65. The van der Waals surface area contributed by atoms with Gasteiger partial charge in [0.05, 0.1) is 0 Å². The molecule has 1 amide bonds. The van der Waals surface area contributed by atoms with Crippen molar-refractivity contribution in [2.45, 2.75) is 12.5 Å². The highest BCUT2D eigenvalue weighted by molar-refractivity contribution is 7.99. The molecule has 5 heteroatoms. The van der Waals surface area contributed by atoms with Crippen molar-refractivity contribution in [3.05, 3.63) is 29.6 Å². The molecular weight excluding hydrogens is 227 g/mol. The third kappa shape index (κ3) is 2.66. The Balaban J connectivity index is 2.07. The number of benzene rings is 1. The third-order valence-electron chi connectivity index (χ3n) is 2.45. The Morgan fingerprint density at radius 3 is 2.94 bits per heavy atom. The van der Waals surface area contributed by atoms with Crippen LogP contribution in [0.3, 0.4) is 0 Å². The van der Waals surface area contributed by atoms with Gasteiger partial charge in [0.2, 0.25) is 0 Å². The first kappa shape index (κ1) is 11.3. The summed E-state index contributed by atoms with van der Waals surface area (Å²) in [6, 6.07) is 4.08. The van der Waals surface area contributed by atoms with Crippen LogP contribution in [0.25, 0.3) is 0 Å². The Labute approximate surface area is 97.6 Å². The predicted octanol–water partition coefficient (Wildman–Crippen LogP) is 1.64. The van der Waals surface area contributed by atoms with Crippen molar-refractivity contribution in [3.63, 3.8) is 0 Å². The number of halogens is 1. The molecule has 0 bridgehead atoms. The number of carbonyl (C=O) groups is 1. The molecule has 1 saturated heterocycles. The fourth-order valence-corrected chi connectivity index (χ4v) is 2.81. The average molecular weight is 240 g/mol. The molecule has 1 unspecified atom stereocenters. The highest BCUT2D eigenvalue weighted by Gasteiger charge is 2.18. The molecule has 1 aliphatic heterocycles. The first-order valence-electron chi connectivity index (χ1n) is 5.10. The minimum atomic E-state index is -0.481. The van der Waals surface area contributed by atoms with Crippen molar-refractivity contribution >= 4 is 23.4 Å². The molecule has 1 aromatic rings. The molecule has 0 aliphatic carbocycles. The zero-order valence-electron chi connectivity index (χ0n) is 8.70. The molecular formula is C11H13FN2OS. The molecule has 0 aromatic heterocycles. The Kier molecular flexibility index (Phi) is 3.33. The minimum absolute atomic E-state index is 0.196. The number of nitrogen functional groups attached to an aromatic ring is 1. The molecule has 3 nitrogen and oxygen atoms in total. The molecule has 1 atom stereocenters. The molecule has 2 rings (SSSR count). The Morgan fingerprint density at radius 2 is 2.31 bits per heavy atom. The van der Waals surface area contributed by atoms with Crippen molar-refractivity contribution in [3.8, 4) is 0 Å². The fraction of sp³-hybridized carbons (Fsp3) is 0.364. The van der Waals surface area contributed by atoms with Gasteiger partial charge in [0.25, 0.3) is 5.91 Å². The van der Waals surface area contributed by atoms with Crippen molar-refractivity contribution in [1.82, 2.24) is 5.32 Å². The lowest BCUT2D eigenvalue weighted by molar-refractivity contribution is 0.0940. The van der Waals surface area contributed by atoms with Crippen LogP contribution in [0.2, 0.25) is 0 Å². The van der Waals surface area contributed by atoms with Gasteiger partial charge in [0.1, 0.15) is 5.82 Å². The van der Waals surface area contributed by atoms with Gasteiger partial charge in [0.15, 0.2) is 0 Å². The first-order valence-corrected chi connectivity index (χ1v) is 6.25. The number of hydrogen-bond acceptors (Lipinski definition) is 3. The number of hydrogen-bond donors (Lipinski definition) is 2. The highest BCUT2D eigenvalue weighted by Crippen LogP contribution is 2.18. The van der Waals surface area contributed by atoms with E-state index in [9.17, 15) is 9.18 Å². The topological polar surface area (TPSA) is 55.1 Å². The molecule has 1 aliphatic rings. The zero-order chi connectivity index (χ0) is 11.5. The third-order valence-corrected chi connectivity index (χ3v) is 3.61. The summed E-state index contributed by atoms with van der Waals surface area (Å²) in [5.41, 5.74) is 6.04. The lowest BCUT2D eigenvalue weighted by Gasteiger charge is -2.11. The molecule has 3 N–H and O–H groups in total. The van der Waals surface area contributed by atoms with Gasteiger partial charge >= 0.3 is 0 Å². The number of amides is 1. The second kappa shape index (κ2) is 4.74. The van der Waals surface area contributed by atoms with Crippen LogP contribution >= 0.6 is 11.8 Å². The van der Waals surface area contributed by atoms with E-state index in [4.69, 9.17) is 5.73 Å². The number of thioether (sulfide) groups is 1. The van der Waals surface area contributed by atoms with Crippen LogP contribution in [0.5, 0.6) is 0 Å². The molecule has 0 saturated carbocycles. The van der Waals surface area contributed by atoms with E-state index >= 15 is 0 Å². The van der Waals surface area contributed by atoms with Crippen molar-refractivity contribution in [1.29, 1.82) is 0 Å². The Bertz CT molecular complexity index is 385. The number of nitrogens with one attached hydrogen (secondary N) is 1. The van der Waals surface area contributed by atoms with E-state index in [-0.39, 0.29) is 23.2 Å². The van der Waals surface area contributed by atoms with E-state index in [1.54, 1.807) is 0 Å². The summed E-state index contributed by atoms with van der Waals surface area (Å²) in [5, 5.41) is 2.87. The van der Waals surface area contributed by atoms with E-state index in [2.05, 4.69) is 5.32 Å². The standard InChI is InChI=1S/C11H13FN2OS/c12-8-3-7(4-9(13)5-8)11(15)14-10-1-2-16-6-10/h3-5,10H,1-2,6,13H2,(H,14,15). The monoisotopic (exact) mass is 240 g/mol. The summed E-state index contributed by atoms with van der Waals surface area (Å²) in [7, 11) is 0. The minimum Gasteiger partial charge on any atom is -0.399 e. The highest BCUT2D eigenvalue weighted by atomic mass is 32.2. The summed E-state index contributed by atoms with van der Waals surface area (Å²) in [5.74, 6) is 1.26. The molecule has 1 fully saturated rings. The van der Waals surface area contributed by atoms with Crippen LogP contribution < -0.4 is 11.1 Å². The fourth-order valence-electron chi connectivity index (χ4n) is 1.66. The normalized spacial score (nSPS) is 19.7. The van der Waals surface area contributed by atoms with Crippen LogP contribution in [-0.4, -0.2) is 23.5 Å². The maximum Gasteiger partial charge on any atom is 0.251 e. The van der Waals surface area contributed by atoms with Gasteiger partial charge in [-0.15, -0.1) is 0 Å². The molecule has 1 heterocycles. The quantitative estimate of drug-likeness (QED) is 0.773. The predicted molar refractivity (Wildman–Crippen MR) is 64.0 cm³/mol. The Hall–Kier alpha value is -1.23. The van der Waals surface area contributed by atoms with Gasteiger partial charge in [-0.3, -0.25) is 4.79 Å². The van der Waals surface area contributed by atoms with Gasteiger partial charge in [-0.2, -0.15) is 11.8 Å². The van der Waals surface area contributed by atoms with Crippen LogP contribution in [0, 0.1) is 5.82 Å². The SMILES string of the molecule is Nc1cc(F)cc(C(=O)NC2CCSC2)c1. The van der Waals surface area contributed by atoms with Crippen LogP contribution in [0.1, 0.15) is 16.8 Å². The second-order valence-electron chi connectivity index (χ2n) is 3.81. The van der Waals surface area contributed by atoms with Gasteiger partial charge in [0, 0.05) is 23.0 Å². The molecule has 0 radical (unpaired) electrons. The van der Waals surface area contributed by atoms with Gasteiger partial charge in [-0.05, 0) is 30.4 Å². The second-order valence-corrected chi connectivity index (χ2v) is 4.96. The number of carbonyl (C=O) groups excluding carboxylic acids is 1. The molecule has 16 heavy (non-hydrogen) atoms. The summed E-state index contributed by atoms with van der Waals surface area (Å²) in [6.07, 6.45) is 0.973. The molecule has 86 valence electrons. The largest absolute Gasteiger partial charge is 0.399 e. The number of rotatable bonds is 2. The van der Waals surface area contributed by atoms with E-state index < -0.39 is 5.82 Å². The Morgan fingerprint density at radius 1 is 1.50 bits per heavy atom. The summed E-state index contributed by atoms with van der Waals surface area (Å²) in [6.45, 7) is 0. The summed E-state index contributed by atoms with van der Waals surface area (Å²) in [4.78, 5) is 11.8. The van der Waals surface area contributed by atoms with Crippen molar-refractivity contribution in [2.24, 2.45) is 0 Å². The van der Waals surface area contributed by atoms with E-state index in [1.165, 1.54) is 18.2 Å². The van der Waals surface area contributed by atoms with E-state index in [0.29, 0.717) is 0 Å². The molecule has 1 aromatic carbocycles. The number of anilines is 1.